The second kappa shape index (κ2) is 8.30. The van der Waals surface area contributed by atoms with Crippen LogP contribution >= 0.6 is 0 Å². The summed E-state index contributed by atoms with van der Waals surface area (Å²) in [5, 5.41) is 0. The lowest BCUT2D eigenvalue weighted by atomic mass is 9.97. The summed E-state index contributed by atoms with van der Waals surface area (Å²) in [5.74, 6) is 0. The van der Waals surface area contributed by atoms with Crippen LogP contribution in [-0.4, -0.2) is 24.5 Å². The Kier molecular flexibility index (Phi) is 6.05. The van der Waals surface area contributed by atoms with Gasteiger partial charge in [0.2, 0.25) is 0 Å². The maximum atomic E-state index is 12.9. The number of aryl methyl sites for hydroxylation is 2. The maximum absolute atomic E-state index is 12.9. The zero-order valence-electron chi connectivity index (χ0n) is 15.9. The highest BCUT2D eigenvalue weighted by atomic mass is 19.4. The minimum Gasteiger partial charge on any atom is -0.299 e. The lowest BCUT2D eigenvalue weighted by Crippen LogP contribution is -2.30. The minimum atomic E-state index is -4.29. The van der Waals surface area contributed by atoms with Crippen molar-refractivity contribution in [2.75, 3.05) is 19.6 Å². The molecule has 144 valence electrons. The van der Waals surface area contributed by atoms with Gasteiger partial charge in [-0.15, -0.1) is 0 Å². The highest BCUT2D eigenvalue weighted by Crippen LogP contribution is 2.32. The quantitative estimate of drug-likeness (QED) is 0.630. The predicted octanol–water partition coefficient (Wildman–Crippen LogP) is 5.91. The summed E-state index contributed by atoms with van der Waals surface area (Å²) in [4.78, 5) is 2.36. The molecule has 3 rings (SSSR count). The molecule has 1 aliphatic rings. The fraction of sp³-hybridized carbons (Fsp3) is 0.391. The van der Waals surface area contributed by atoms with Crippen molar-refractivity contribution in [3.63, 3.8) is 0 Å². The summed E-state index contributed by atoms with van der Waals surface area (Å²) < 4.78 is 38.7. The third kappa shape index (κ3) is 5.01. The molecule has 0 atom stereocenters. The normalized spacial score (nSPS) is 15.7. The molecule has 0 saturated heterocycles. The van der Waals surface area contributed by atoms with E-state index in [0.717, 1.165) is 50.5 Å². The van der Waals surface area contributed by atoms with Gasteiger partial charge in [0, 0.05) is 19.6 Å². The van der Waals surface area contributed by atoms with Crippen LogP contribution in [0.3, 0.4) is 0 Å². The van der Waals surface area contributed by atoms with Crippen LogP contribution in [0.25, 0.3) is 5.57 Å². The molecule has 0 N–H and O–H groups in total. The fourth-order valence-electron chi connectivity index (χ4n) is 3.62. The highest BCUT2D eigenvalue weighted by molar-refractivity contribution is 5.67. The Bertz CT molecular complexity index is 821. The number of benzene rings is 2. The molecule has 0 saturated carbocycles. The van der Waals surface area contributed by atoms with Crippen LogP contribution in [0.5, 0.6) is 0 Å². The molecule has 0 amide bonds. The van der Waals surface area contributed by atoms with Crippen molar-refractivity contribution in [1.29, 1.82) is 0 Å². The topological polar surface area (TPSA) is 3.24 Å². The van der Waals surface area contributed by atoms with E-state index in [0.29, 0.717) is 5.56 Å². The Morgan fingerprint density at radius 1 is 1.07 bits per heavy atom. The molecule has 0 unspecified atom stereocenters. The molecule has 1 aliphatic heterocycles. The molecule has 27 heavy (non-hydrogen) atoms. The monoisotopic (exact) mass is 373 g/mol. The van der Waals surface area contributed by atoms with Crippen molar-refractivity contribution >= 4 is 5.57 Å². The van der Waals surface area contributed by atoms with Gasteiger partial charge in [0.1, 0.15) is 0 Å². The van der Waals surface area contributed by atoms with Gasteiger partial charge in [0.15, 0.2) is 0 Å². The van der Waals surface area contributed by atoms with Gasteiger partial charge >= 0.3 is 6.18 Å². The Hall–Kier alpha value is -2.07. The fourth-order valence-corrected chi connectivity index (χ4v) is 3.62. The molecule has 1 heterocycles. The Morgan fingerprint density at radius 2 is 1.89 bits per heavy atom. The number of hydrogen-bond acceptors (Lipinski definition) is 1. The van der Waals surface area contributed by atoms with Gasteiger partial charge < -0.3 is 0 Å². The number of nitrogens with zero attached hydrogens (tertiary/aromatic N) is 1. The molecule has 0 radical (unpaired) electrons. The molecule has 0 aliphatic carbocycles. The SMILES string of the molecule is CCc1cc(CCN2CC=C(c3cccc(C(F)(F)F)c3)CC2)ccc1C. The molecule has 1 nitrogen and oxygen atoms in total. The molecule has 4 heteroatoms. The van der Waals surface area contributed by atoms with Crippen molar-refractivity contribution in [2.45, 2.75) is 39.3 Å². The number of rotatable bonds is 5. The van der Waals surface area contributed by atoms with Crippen LogP contribution in [0.4, 0.5) is 13.2 Å². The van der Waals surface area contributed by atoms with E-state index in [9.17, 15) is 13.2 Å². The van der Waals surface area contributed by atoms with Gasteiger partial charge in [-0.05, 0) is 66.1 Å². The van der Waals surface area contributed by atoms with E-state index in [1.54, 1.807) is 6.07 Å². The van der Waals surface area contributed by atoms with Gasteiger partial charge in [-0.1, -0.05) is 43.3 Å². The molecule has 0 fully saturated rings. The first-order valence-corrected chi connectivity index (χ1v) is 9.54. The Morgan fingerprint density at radius 3 is 2.56 bits per heavy atom. The van der Waals surface area contributed by atoms with Crippen LogP contribution < -0.4 is 0 Å². The van der Waals surface area contributed by atoms with E-state index < -0.39 is 11.7 Å². The average Bonchev–Trinajstić information content (AvgIpc) is 2.67. The van der Waals surface area contributed by atoms with Crippen LogP contribution in [0.1, 0.15) is 41.2 Å². The first-order chi connectivity index (χ1) is 12.9. The standard InChI is InChI=1S/C23H26F3N/c1-3-19-15-18(8-7-17(19)2)9-12-27-13-10-20(11-14-27)21-5-4-6-22(16-21)23(24,25)26/h4-8,10,15-16H,3,9,11-14H2,1-2H3. The minimum absolute atomic E-state index is 0.575. The second-order valence-electron chi connectivity index (χ2n) is 7.22. The summed E-state index contributed by atoms with van der Waals surface area (Å²) in [5.41, 5.74) is 5.22. The van der Waals surface area contributed by atoms with Gasteiger partial charge in [-0.3, -0.25) is 4.90 Å². The lowest BCUT2D eigenvalue weighted by molar-refractivity contribution is -0.137. The highest BCUT2D eigenvalue weighted by Gasteiger charge is 2.30. The van der Waals surface area contributed by atoms with E-state index in [2.05, 4.69) is 43.0 Å². The number of halogens is 3. The third-order valence-corrected chi connectivity index (χ3v) is 5.37. The summed E-state index contributed by atoms with van der Waals surface area (Å²) in [7, 11) is 0. The lowest BCUT2D eigenvalue weighted by Gasteiger charge is -2.26. The molecule has 0 bridgehead atoms. The summed E-state index contributed by atoms with van der Waals surface area (Å²) in [6.45, 7) is 6.97. The van der Waals surface area contributed by atoms with E-state index in [4.69, 9.17) is 0 Å². The molecular formula is C23H26F3N. The van der Waals surface area contributed by atoms with Crippen molar-refractivity contribution in [3.05, 3.63) is 76.4 Å². The zero-order chi connectivity index (χ0) is 19.4. The Balaban J connectivity index is 1.60. The number of hydrogen-bond donors (Lipinski definition) is 0. The van der Waals surface area contributed by atoms with Crippen molar-refractivity contribution in [3.8, 4) is 0 Å². The van der Waals surface area contributed by atoms with Crippen LogP contribution in [0, 0.1) is 6.92 Å². The third-order valence-electron chi connectivity index (χ3n) is 5.37. The zero-order valence-corrected chi connectivity index (χ0v) is 15.9. The summed E-state index contributed by atoms with van der Waals surface area (Å²) >= 11 is 0. The van der Waals surface area contributed by atoms with Crippen LogP contribution in [0.15, 0.2) is 48.5 Å². The van der Waals surface area contributed by atoms with Gasteiger partial charge in [-0.2, -0.15) is 13.2 Å². The van der Waals surface area contributed by atoms with E-state index in [1.807, 2.05) is 0 Å². The van der Waals surface area contributed by atoms with Crippen LogP contribution in [-0.2, 0) is 19.0 Å². The van der Waals surface area contributed by atoms with Crippen LogP contribution in [0.2, 0.25) is 0 Å². The Labute approximate surface area is 159 Å². The maximum Gasteiger partial charge on any atom is 0.416 e. The molecule has 2 aromatic carbocycles. The number of alkyl halides is 3. The van der Waals surface area contributed by atoms with Crippen molar-refractivity contribution < 1.29 is 13.2 Å². The van der Waals surface area contributed by atoms with Crippen molar-refractivity contribution in [2.24, 2.45) is 0 Å². The summed E-state index contributed by atoms with van der Waals surface area (Å²) in [6.07, 6.45) is 0.621. The van der Waals surface area contributed by atoms with E-state index in [1.165, 1.54) is 28.8 Å². The first-order valence-electron chi connectivity index (χ1n) is 9.54. The smallest absolute Gasteiger partial charge is 0.299 e. The van der Waals surface area contributed by atoms with Gasteiger partial charge in [0.05, 0.1) is 5.56 Å². The largest absolute Gasteiger partial charge is 0.416 e. The van der Waals surface area contributed by atoms with E-state index in [-0.39, 0.29) is 0 Å². The molecular weight excluding hydrogens is 347 g/mol. The van der Waals surface area contributed by atoms with Crippen molar-refractivity contribution in [1.82, 2.24) is 4.90 Å². The van der Waals surface area contributed by atoms with E-state index >= 15 is 0 Å². The molecule has 0 spiro atoms. The predicted molar refractivity (Wildman–Crippen MR) is 105 cm³/mol. The summed E-state index contributed by atoms with van der Waals surface area (Å²) in [6, 6.07) is 12.3. The van der Waals surface area contributed by atoms with Gasteiger partial charge in [-0.25, -0.2) is 0 Å². The second-order valence-corrected chi connectivity index (χ2v) is 7.22. The van der Waals surface area contributed by atoms with Gasteiger partial charge in [0.25, 0.3) is 0 Å². The molecule has 0 aromatic heterocycles. The first kappa shape index (κ1) is 19.7. The molecule has 2 aromatic rings. The average molecular weight is 373 g/mol.